The molecule has 4 rings (SSSR count). The summed E-state index contributed by atoms with van der Waals surface area (Å²) in [5, 5.41) is 3.61. The molecule has 2 aromatic rings. The van der Waals surface area contributed by atoms with Gasteiger partial charge in [-0.1, -0.05) is 60.7 Å². The summed E-state index contributed by atoms with van der Waals surface area (Å²) in [6.07, 6.45) is 4.89. The molecule has 0 unspecified atom stereocenters. The lowest BCUT2D eigenvalue weighted by Crippen LogP contribution is -2.53. The van der Waals surface area contributed by atoms with Crippen LogP contribution in [0.25, 0.3) is 0 Å². The molecule has 2 aliphatic rings. The van der Waals surface area contributed by atoms with E-state index >= 15 is 0 Å². The van der Waals surface area contributed by atoms with Crippen LogP contribution in [0, 0.1) is 0 Å². The van der Waals surface area contributed by atoms with Crippen LogP contribution in [0.15, 0.2) is 47.4 Å². The second-order valence-electron chi connectivity index (χ2n) is 9.05. The van der Waals surface area contributed by atoms with Gasteiger partial charge in [0, 0.05) is 28.2 Å². The Morgan fingerprint density at radius 2 is 1.69 bits per heavy atom. The van der Waals surface area contributed by atoms with Crippen molar-refractivity contribution >= 4 is 50.9 Å². The van der Waals surface area contributed by atoms with Crippen LogP contribution < -0.4 is 5.32 Å². The van der Waals surface area contributed by atoms with Gasteiger partial charge in [-0.2, -0.15) is 0 Å². The SMILES string of the molecule is C[C@@H](C(=O)NC1CCCCC1)N(Cc1c(Cl)cccc1Cl)C(=O)CN1C(=O)c2ccccc2S1(=O)=O. The first kappa shape index (κ1) is 26.4. The van der Waals surface area contributed by atoms with Crippen LogP contribution in [-0.2, 0) is 26.2 Å². The van der Waals surface area contributed by atoms with E-state index in [-0.39, 0.29) is 29.0 Å². The Labute approximate surface area is 220 Å². The Kier molecular flexibility index (Phi) is 7.92. The van der Waals surface area contributed by atoms with Crippen LogP contribution in [0.2, 0.25) is 10.0 Å². The van der Waals surface area contributed by atoms with Gasteiger partial charge >= 0.3 is 0 Å². The molecule has 1 aliphatic carbocycles. The predicted octanol–water partition coefficient (Wildman–Crippen LogP) is 4.00. The molecular formula is C25H27Cl2N3O5S. The van der Waals surface area contributed by atoms with E-state index < -0.39 is 34.4 Å². The smallest absolute Gasteiger partial charge is 0.269 e. The number of amides is 3. The van der Waals surface area contributed by atoms with Crippen molar-refractivity contribution in [3.05, 3.63) is 63.6 Å². The Balaban J connectivity index is 1.61. The van der Waals surface area contributed by atoms with E-state index in [2.05, 4.69) is 5.32 Å². The molecule has 0 spiro atoms. The molecule has 11 heteroatoms. The lowest BCUT2D eigenvalue weighted by molar-refractivity contribution is -0.140. The largest absolute Gasteiger partial charge is 0.352 e. The highest BCUT2D eigenvalue weighted by atomic mass is 35.5. The number of hydrogen-bond acceptors (Lipinski definition) is 5. The normalized spacial score (nSPS) is 18.0. The molecule has 1 fully saturated rings. The van der Waals surface area contributed by atoms with Crippen molar-refractivity contribution in [2.45, 2.75) is 62.6 Å². The monoisotopic (exact) mass is 551 g/mol. The number of halogens is 2. The van der Waals surface area contributed by atoms with Crippen LogP contribution in [0.5, 0.6) is 0 Å². The minimum atomic E-state index is -4.20. The van der Waals surface area contributed by atoms with Crippen LogP contribution in [-0.4, -0.2) is 54.0 Å². The van der Waals surface area contributed by atoms with Crippen molar-refractivity contribution in [2.24, 2.45) is 0 Å². The average molecular weight is 552 g/mol. The summed E-state index contributed by atoms with van der Waals surface area (Å²) in [7, 11) is -4.20. The molecule has 8 nitrogen and oxygen atoms in total. The van der Waals surface area contributed by atoms with Crippen LogP contribution in [0.4, 0.5) is 0 Å². The van der Waals surface area contributed by atoms with E-state index in [0.29, 0.717) is 19.9 Å². The average Bonchev–Trinajstić information content (AvgIpc) is 3.05. The Bertz CT molecular complexity index is 1270. The molecule has 0 saturated heterocycles. The fourth-order valence-corrected chi connectivity index (χ4v) is 6.64. The number of nitrogens with zero attached hydrogens (tertiary/aromatic N) is 2. The van der Waals surface area contributed by atoms with Gasteiger partial charge in [-0.25, -0.2) is 12.7 Å². The van der Waals surface area contributed by atoms with Crippen LogP contribution in [0.3, 0.4) is 0 Å². The van der Waals surface area contributed by atoms with Crippen molar-refractivity contribution in [1.82, 2.24) is 14.5 Å². The van der Waals surface area contributed by atoms with Crippen molar-refractivity contribution in [2.75, 3.05) is 6.54 Å². The van der Waals surface area contributed by atoms with E-state index in [0.717, 1.165) is 32.1 Å². The van der Waals surface area contributed by atoms with Gasteiger partial charge in [0.05, 0.1) is 5.56 Å². The number of carbonyl (C=O) groups is 3. The summed E-state index contributed by atoms with van der Waals surface area (Å²) in [6, 6.07) is 9.74. The predicted molar refractivity (Wildman–Crippen MR) is 136 cm³/mol. The standard InChI is InChI=1S/C25H27Cl2N3O5S/c1-16(24(32)28-17-8-3-2-4-9-17)29(14-19-20(26)11-7-12-21(19)27)23(31)15-30-25(33)18-10-5-6-13-22(18)36(30,34)35/h5-7,10-13,16-17H,2-4,8-9,14-15H2,1H3,(H,28,32)/t16-/m0/s1. The van der Waals surface area contributed by atoms with Gasteiger partial charge in [-0.3, -0.25) is 14.4 Å². The maximum atomic E-state index is 13.6. The molecule has 36 heavy (non-hydrogen) atoms. The second kappa shape index (κ2) is 10.8. The first-order valence-corrected chi connectivity index (χ1v) is 14.0. The Morgan fingerprint density at radius 3 is 2.33 bits per heavy atom. The molecule has 192 valence electrons. The van der Waals surface area contributed by atoms with E-state index in [1.54, 1.807) is 31.2 Å². The third-order valence-corrected chi connectivity index (χ3v) is 9.20. The van der Waals surface area contributed by atoms with Gasteiger partial charge in [0.1, 0.15) is 17.5 Å². The van der Waals surface area contributed by atoms with E-state index in [4.69, 9.17) is 23.2 Å². The number of sulfonamides is 1. The van der Waals surface area contributed by atoms with Gasteiger partial charge in [-0.05, 0) is 44.0 Å². The van der Waals surface area contributed by atoms with Crippen molar-refractivity contribution in [3.8, 4) is 0 Å². The Hall–Kier alpha value is -2.62. The van der Waals surface area contributed by atoms with Gasteiger partial charge < -0.3 is 10.2 Å². The van der Waals surface area contributed by atoms with E-state index in [1.807, 2.05) is 0 Å². The Morgan fingerprint density at radius 1 is 1.06 bits per heavy atom. The molecule has 1 heterocycles. The summed E-state index contributed by atoms with van der Waals surface area (Å²) in [5.74, 6) is -1.87. The van der Waals surface area contributed by atoms with Crippen molar-refractivity contribution in [1.29, 1.82) is 0 Å². The van der Waals surface area contributed by atoms with Crippen LogP contribution >= 0.6 is 23.2 Å². The maximum absolute atomic E-state index is 13.6. The highest BCUT2D eigenvalue weighted by Gasteiger charge is 2.43. The number of nitrogens with one attached hydrogen (secondary N) is 1. The summed E-state index contributed by atoms with van der Waals surface area (Å²) >= 11 is 12.7. The lowest BCUT2D eigenvalue weighted by Gasteiger charge is -2.32. The van der Waals surface area contributed by atoms with Crippen molar-refractivity contribution in [3.63, 3.8) is 0 Å². The van der Waals surface area contributed by atoms with E-state index in [9.17, 15) is 22.8 Å². The highest BCUT2D eigenvalue weighted by Crippen LogP contribution is 2.31. The number of hydrogen-bond donors (Lipinski definition) is 1. The molecule has 3 amide bonds. The number of carbonyl (C=O) groups excluding carboxylic acids is 3. The van der Waals surface area contributed by atoms with Gasteiger partial charge in [-0.15, -0.1) is 0 Å². The zero-order chi connectivity index (χ0) is 26.0. The molecule has 0 aromatic heterocycles. The third-order valence-electron chi connectivity index (χ3n) is 6.70. The molecule has 0 bridgehead atoms. The number of benzene rings is 2. The second-order valence-corrected chi connectivity index (χ2v) is 11.7. The number of rotatable bonds is 7. The lowest BCUT2D eigenvalue weighted by atomic mass is 9.95. The van der Waals surface area contributed by atoms with Gasteiger partial charge in [0.2, 0.25) is 11.8 Å². The minimum Gasteiger partial charge on any atom is -0.352 e. The molecule has 1 N–H and O–H groups in total. The van der Waals surface area contributed by atoms with E-state index in [1.165, 1.54) is 23.1 Å². The molecular weight excluding hydrogens is 525 g/mol. The van der Waals surface area contributed by atoms with Gasteiger partial charge in [0.25, 0.3) is 15.9 Å². The highest BCUT2D eigenvalue weighted by molar-refractivity contribution is 7.90. The van der Waals surface area contributed by atoms with Gasteiger partial charge in [0.15, 0.2) is 0 Å². The topological polar surface area (TPSA) is 104 Å². The zero-order valence-corrected chi connectivity index (χ0v) is 22.1. The first-order chi connectivity index (χ1) is 17.1. The van der Waals surface area contributed by atoms with Crippen LogP contribution in [0.1, 0.15) is 54.9 Å². The third kappa shape index (κ3) is 5.23. The first-order valence-electron chi connectivity index (χ1n) is 11.8. The minimum absolute atomic E-state index is 0.00842. The summed E-state index contributed by atoms with van der Waals surface area (Å²) in [4.78, 5) is 40.6. The maximum Gasteiger partial charge on any atom is 0.269 e. The summed E-state index contributed by atoms with van der Waals surface area (Å²) in [6.45, 7) is 0.681. The quantitative estimate of drug-likeness (QED) is 0.559. The fourth-order valence-electron chi connectivity index (χ4n) is 4.61. The fraction of sp³-hybridized carbons (Fsp3) is 0.400. The summed E-state index contributed by atoms with van der Waals surface area (Å²) in [5.41, 5.74) is 0.430. The molecule has 2 aromatic carbocycles. The molecule has 0 radical (unpaired) electrons. The molecule has 1 aliphatic heterocycles. The molecule has 1 atom stereocenters. The zero-order valence-electron chi connectivity index (χ0n) is 19.7. The summed E-state index contributed by atoms with van der Waals surface area (Å²) < 4.78 is 26.5. The number of fused-ring (bicyclic) bond motifs is 1. The molecule has 1 saturated carbocycles. The van der Waals surface area contributed by atoms with Crippen molar-refractivity contribution < 1.29 is 22.8 Å².